The number of carboxylic acids is 1. The maximum absolute atomic E-state index is 10.7. The first-order valence-electron chi connectivity index (χ1n) is 5.98. The van der Waals surface area contributed by atoms with E-state index in [-0.39, 0.29) is 11.8 Å². The molecule has 0 spiro atoms. The number of aromatic nitrogens is 2. The van der Waals surface area contributed by atoms with Gasteiger partial charge < -0.3 is 9.67 Å². The molecule has 19 heavy (non-hydrogen) atoms. The highest BCUT2D eigenvalue weighted by molar-refractivity contribution is 7.99. The summed E-state index contributed by atoms with van der Waals surface area (Å²) in [6.07, 6.45) is 2.93. The molecule has 0 radical (unpaired) electrons. The van der Waals surface area contributed by atoms with Crippen molar-refractivity contribution in [2.24, 2.45) is 0 Å². The van der Waals surface area contributed by atoms with Gasteiger partial charge in [-0.2, -0.15) is 0 Å². The lowest BCUT2D eigenvalue weighted by Gasteiger charge is -2.14. The highest BCUT2D eigenvalue weighted by Crippen LogP contribution is 2.25. The molecule has 2 aromatic heterocycles. The van der Waals surface area contributed by atoms with Crippen LogP contribution in [-0.2, 0) is 11.2 Å². The number of thioether (sulfide) groups is 1. The Kier molecular flexibility index (Phi) is 4.66. The van der Waals surface area contributed by atoms with Crippen molar-refractivity contribution in [2.45, 2.75) is 31.5 Å². The Morgan fingerprint density at radius 2 is 2.42 bits per heavy atom. The lowest BCUT2D eigenvalue weighted by Crippen LogP contribution is -2.09. The molecule has 0 fully saturated rings. The van der Waals surface area contributed by atoms with Crippen molar-refractivity contribution in [1.82, 2.24) is 9.55 Å². The maximum atomic E-state index is 10.7. The summed E-state index contributed by atoms with van der Waals surface area (Å²) in [5.74, 6) is -0.773. The Balaban J connectivity index is 2.11. The van der Waals surface area contributed by atoms with Crippen LogP contribution in [0.5, 0.6) is 0 Å². The van der Waals surface area contributed by atoms with Crippen molar-refractivity contribution in [3.63, 3.8) is 0 Å². The predicted octanol–water partition coefficient (Wildman–Crippen LogP) is 3.23. The van der Waals surface area contributed by atoms with Crippen LogP contribution in [-0.4, -0.2) is 26.4 Å². The first-order valence-corrected chi connectivity index (χ1v) is 7.85. The minimum Gasteiger partial charge on any atom is -0.481 e. The van der Waals surface area contributed by atoms with Gasteiger partial charge in [0, 0.05) is 23.5 Å². The summed E-state index contributed by atoms with van der Waals surface area (Å²) < 4.78 is 2.07. The van der Waals surface area contributed by atoms with E-state index >= 15 is 0 Å². The van der Waals surface area contributed by atoms with E-state index in [0.717, 1.165) is 17.3 Å². The van der Waals surface area contributed by atoms with Gasteiger partial charge in [0.15, 0.2) is 5.16 Å². The van der Waals surface area contributed by atoms with Crippen LogP contribution < -0.4 is 0 Å². The van der Waals surface area contributed by atoms with Gasteiger partial charge in [-0.3, -0.25) is 4.79 Å². The Morgan fingerprint density at radius 1 is 1.63 bits per heavy atom. The molecular formula is C13H16N2O2S2. The number of hydrogen-bond donors (Lipinski definition) is 1. The van der Waals surface area contributed by atoms with E-state index in [4.69, 9.17) is 5.11 Å². The molecule has 1 N–H and O–H groups in total. The summed E-state index contributed by atoms with van der Waals surface area (Å²) in [6, 6.07) is 4.44. The molecule has 0 aromatic carbocycles. The lowest BCUT2D eigenvalue weighted by molar-refractivity contribution is -0.133. The zero-order chi connectivity index (χ0) is 13.8. The molecule has 2 heterocycles. The number of imidazole rings is 1. The number of carboxylic acid groups (broad SMARTS) is 1. The number of nitrogens with zero attached hydrogens (tertiary/aromatic N) is 2. The zero-order valence-corrected chi connectivity index (χ0v) is 12.5. The standard InChI is InChI=1S/C13H16N2O2S2/c1-9-7-15(13(14-9)19-8-12(16)17)10(2)6-11-4-3-5-18-11/h3-5,7,10H,6,8H2,1-2H3,(H,16,17). The van der Waals surface area contributed by atoms with Crippen molar-refractivity contribution >= 4 is 29.1 Å². The summed E-state index contributed by atoms with van der Waals surface area (Å²) in [5, 5.41) is 11.6. The van der Waals surface area contributed by atoms with Crippen LogP contribution in [0.25, 0.3) is 0 Å². The first-order chi connectivity index (χ1) is 9.06. The molecule has 102 valence electrons. The van der Waals surface area contributed by atoms with E-state index in [1.807, 2.05) is 19.2 Å². The predicted molar refractivity (Wildman–Crippen MR) is 78.1 cm³/mol. The molecule has 1 atom stereocenters. The molecule has 0 amide bonds. The molecule has 6 heteroatoms. The molecule has 1 unspecified atom stereocenters. The van der Waals surface area contributed by atoms with Gasteiger partial charge in [0.1, 0.15) is 0 Å². The van der Waals surface area contributed by atoms with Crippen LogP contribution in [0.3, 0.4) is 0 Å². The van der Waals surface area contributed by atoms with E-state index < -0.39 is 5.97 Å². The number of aliphatic carboxylic acids is 1. The molecule has 2 aromatic rings. The van der Waals surface area contributed by atoms with E-state index in [2.05, 4.69) is 27.9 Å². The molecule has 0 saturated carbocycles. The van der Waals surface area contributed by atoms with Crippen LogP contribution in [0, 0.1) is 6.92 Å². The largest absolute Gasteiger partial charge is 0.481 e. The smallest absolute Gasteiger partial charge is 0.313 e. The number of carbonyl (C=O) groups is 1. The number of aryl methyl sites for hydroxylation is 1. The van der Waals surface area contributed by atoms with Crippen LogP contribution in [0.4, 0.5) is 0 Å². The SMILES string of the molecule is Cc1cn(C(C)Cc2cccs2)c(SCC(=O)O)n1. The summed E-state index contributed by atoms with van der Waals surface area (Å²) in [4.78, 5) is 16.4. The number of thiophene rings is 1. The van der Waals surface area contributed by atoms with Crippen molar-refractivity contribution in [3.8, 4) is 0 Å². The Labute approximate surface area is 120 Å². The van der Waals surface area contributed by atoms with Crippen LogP contribution in [0.2, 0.25) is 0 Å². The molecule has 0 aliphatic heterocycles. The molecule has 2 rings (SSSR count). The van der Waals surface area contributed by atoms with Gasteiger partial charge in [0.25, 0.3) is 0 Å². The molecule has 0 bridgehead atoms. The fourth-order valence-corrected chi connectivity index (χ4v) is 3.53. The van der Waals surface area contributed by atoms with E-state index in [9.17, 15) is 4.79 Å². The van der Waals surface area contributed by atoms with Gasteiger partial charge in [0.05, 0.1) is 11.4 Å². The van der Waals surface area contributed by atoms with Gasteiger partial charge >= 0.3 is 5.97 Å². The van der Waals surface area contributed by atoms with Crippen molar-refractivity contribution in [1.29, 1.82) is 0 Å². The number of rotatable bonds is 6. The highest BCUT2D eigenvalue weighted by atomic mass is 32.2. The second kappa shape index (κ2) is 6.25. The van der Waals surface area contributed by atoms with Crippen LogP contribution >= 0.6 is 23.1 Å². The second-order valence-electron chi connectivity index (χ2n) is 4.39. The van der Waals surface area contributed by atoms with Crippen LogP contribution in [0.1, 0.15) is 23.5 Å². The van der Waals surface area contributed by atoms with Gasteiger partial charge in [-0.15, -0.1) is 11.3 Å². The monoisotopic (exact) mass is 296 g/mol. The van der Waals surface area contributed by atoms with Gasteiger partial charge in [-0.05, 0) is 25.3 Å². The average molecular weight is 296 g/mol. The van der Waals surface area contributed by atoms with E-state index in [1.54, 1.807) is 11.3 Å². The Morgan fingerprint density at radius 3 is 3.05 bits per heavy atom. The summed E-state index contributed by atoms with van der Waals surface area (Å²) >= 11 is 3.01. The molecule has 0 aliphatic carbocycles. The molecule has 4 nitrogen and oxygen atoms in total. The molecule has 0 saturated heterocycles. The summed E-state index contributed by atoms with van der Waals surface area (Å²) in [6.45, 7) is 4.06. The third kappa shape index (κ3) is 3.84. The lowest BCUT2D eigenvalue weighted by atomic mass is 10.2. The van der Waals surface area contributed by atoms with Crippen molar-refractivity contribution in [2.75, 3.05) is 5.75 Å². The average Bonchev–Trinajstić information content (AvgIpc) is 2.95. The minimum atomic E-state index is -0.817. The quantitative estimate of drug-likeness (QED) is 0.832. The van der Waals surface area contributed by atoms with Gasteiger partial charge in [0.2, 0.25) is 0 Å². The van der Waals surface area contributed by atoms with Crippen LogP contribution in [0.15, 0.2) is 28.9 Å². The Bertz CT molecular complexity index is 549. The topological polar surface area (TPSA) is 55.1 Å². The van der Waals surface area contributed by atoms with Gasteiger partial charge in [-0.25, -0.2) is 4.98 Å². The van der Waals surface area contributed by atoms with E-state index in [0.29, 0.717) is 0 Å². The fourth-order valence-electron chi connectivity index (χ4n) is 1.86. The minimum absolute atomic E-state index is 0.0438. The Hall–Kier alpha value is -1.27. The van der Waals surface area contributed by atoms with Crippen molar-refractivity contribution in [3.05, 3.63) is 34.3 Å². The number of hydrogen-bond acceptors (Lipinski definition) is 4. The van der Waals surface area contributed by atoms with E-state index in [1.165, 1.54) is 16.6 Å². The normalized spacial score (nSPS) is 12.5. The fraction of sp³-hybridized carbons (Fsp3) is 0.385. The summed E-state index contributed by atoms with van der Waals surface area (Å²) in [7, 11) is 0. The molecule has 0 aliphatic rings. The maximum Gasteiger partial charge on any atom is 0.313 e. The zero-order valence-electron chi connectivity index (χ0n) is 10.9. The molecular weight excluding hydrogens is 280 g/mol. The summed E-state index contributed by atoms with van der Waals surface area (Å²) in [5.41, 5.74) is 0.922. The highest BCUT2D eigenvalue weighted by Gasteiger charge is 2.14. The van der Waals surface area contributed by atoms with Gasteiger partial charge in [-0.1, -0.05) is 17.8 Å². The third-order valence-electron chi connectivity index (χ3n) is 2.70. The second-order valence-corrected chi connectivity index (χ2v) is 6.36. The first kappa shape index (κ1) is 14.1. The van der Waals surface area contributed by atoms with Crippen molar-refractivity contribution < 1.29 is 9.90 Å². The third-order valence-corrected chi connectivity index (χ3v) is 4.55.